The van der Waals surface area contributed by atoms with Crippen molar-refractivity contribution in [2.45, 2.75) is 38.3 Å². The first kappa shape index (κ1) is 12.9. The summed E-state index contributed by atoms with van der Waals surface area (Å²) in [6.45, 7) is 1.65. The van der Waals surface area contributed by atoms with Crippen LogP contribution in [-0.2, 0) is 11.3 Å². The number of nitrogens with zero attached hydrogens (tertiary/aromatic N) is 1. The number of carboxylic acids is 1. The van der Waals surface area contributed by atoms with E-state index in [0.717, 1.165) is 31.4 Å². The molecule has 18 heavy (non-hydrogen) atoms. The van der Waals surface area contributed by atoms with Crippen molar-refractivity contribution in [2.24, 2.45) is 0 Å². The van der Waals surface area contributed by atoms with Crippen molar-refractivity contribution in [2.75, 3.05) is 6.54 Å². The topological polar surface area (TPSA) is 60.8 Å². The molecule has 0 aliphatic carbocycles. The molecule has 4 heteroatoms. The summed E-state index contributed by atoms with van der Waals surface area (Å²) in [7, 11) is 0. The Morgan fingerprint density at radius 2 is 2.22 bits per heavy atom. The third-order valence-corrected chi connectivity index (χ3v) is 3.46. The Morgan fingerprint density at radius 3 is 2.94 bits per heavy atom. The number of phenols is 1. The molecule has 1 unspecified atom stereocenters. The van der Waals surface area contributed by atoms with Crippen molar-refractivity contribution >= 4 is 5.97 Å². The molecule has 1 aliphatic rings. The molecule has 1 aliphatic heterocycles. The molecule has 0 spiro atoms. The molecule has 1 fully saturated rings. The zero-order valence-electron chi connectivity index (χ0n) is 10.4. The lowest BCUT2D eigenvalue weighted by atomic mass is 9.98. The summed E-state index contributed by atoms with van der Waals surface area (Å²) in [5.74, 6) is -0.470. The van der Waals surface area contributed by atoms with E-state index in [1.54, 1.807) is 12.1 Å². The molecule has 1 heterocycles. The summed E-state index contributed by atoms with van der Waals surface area (Å²) in [5, 5.41) is 18.4. The van der Waals surface area contributed by atoms with Crippen LogP contribution in [0.1, 0.15) is 31.2 Å². The van der Waals surface area contributed by atoms with E-state index < -0.39 is 5.97 Å². The maximum atomic E-state index is 10.9. The highest BCUT2D eigenvalue weighted by atomic mass is 16.4. The number of likely N-dealkylation sites (tertiary alicyclic amines) is 1. The van der Waals surface area contributed by atoms with Crippen LogP contribution in [0.15, 0.2) is 24.3 Å². The van der Waals surface area contributed by atoms with Crippen LogP contribution in [0.4, 0.5) is 0 Å². The number of phenolic OH excluding ortho intramolecular Hbond substituents is 1. The molecule has 2 rings (SSSR count). The van der Waals surface area contributed by atoms with Crippen LogP contribution >= 0.6 is 0 Å². The highest BCUT2D eigenvalue weighted by Crippen LogP contribution is 2.23. The van der Waals surface area contributed by atoms with Gasteiger partial charge in [0.2, 0.25) is 0 Å². The first-order valence-corrected chi connectivity index (χ1v) is 6.39. The van der Waals surface area contributed by atoms with Crippen molar-refractivity contribution in [3.63, 3.8) is 0 Å². The Kier molecular flexibility index (Phi) is 4.20. The third kappa shape index (κ3) is 3.47. The zero-order chi connectivity index (χ0) is 13.0. The second kappa shape index (κ2) is 5.87. The van der Waals surface area contributed by atoms with Crippen LogP contribution in [-0.4, -0.2) is 33.7 Å². The largest absolute Gasteiger partial charge is 0.508 e. The van der Waals surface area contributed by atoms with E-state index in [9.17, 15) is 9.90 Å². The van der Waals surface area contributed by atoms with Gasteiger partial charge in [-0.05, 0) is 37.1 Å². The predicted octanol–water partition coefficient (Wildman–Crippen LogP) is 2.22. The highest BCUT2D eigenvalue weighted by Gasteiger charge is 2.24. The maximum absolute atomic E-state index is 10.9. The molecule has 0 amide bonds. The van der Waals surface area contributed by atoms with Gasteiger partial charge < -0.3 is 10.2 Å². The fourth-order valence-electron chi connectivity index (χ4n) is 2.59. The first-order chi connectivity index (χ1) is 8.65. The number of carboxylic acid groups (broad SMARTS) is 1. The SMILES string of the molecule is O=C(O)CC1CCCCN1Cc1cccc(O)c1. The van der Waals surface area contributed by atoms with Crippen molar-refractivity contribution < 1.29 is 15.0 Å². The van der Waals surface area contributed by atoms with Gasteiger partial charge in [0, 0.05) is 12.6 Å². The number of aliphatic carboxylic acids is 1. The Morgan fingerprint density at radius 1 is 1.39 bits per heavy atom. The van der Waals surface area contributed by atoms with Gasteiger partial charge in [-0.2, -0.15) is 0 Å². The lowest BCUT2D eigenvalue weighted by Crippen LogP contribution is -2.40. The molecule has 1 saturated heterocycles. The van der Waals surface area contributed by atoms with Crippen molar-refractivity contribution in [3.05, 3.63) is 29.8 Å². The van der Waals surface area contributed by atoms with E-state index in [2.05, 4.69) is 4.90 Å². The fraction of sp³-hybridized carbons (Fsp3) is 0.500. The second-order valence-electron chi connectivity index (χ2n) is 4.89. The van der Waals surface area contributed by atoms with Crippen molar-refractivity contribution in [1.82, 2.24) is 4.90 Å². The molecule has 1 aromatic carbocycles. The van der Waals surface area contributed by atoms with Gasteiger partial charge >= 0.3 is 5.97 Å². The number of benzene rings is 1. The standard InChI is InChI=1S/C14H19NO3/c16-13-6-3-4-11(8-13)10-15-7-2-1-5-12(15)9-14(17)18/h3-4,6,8,12,16H,1-2,5,7,9-10H2,(H,17,18). The lowest BCUT2D eigenvalue weighted by Gasteiger charge is -2.34. The van der Waals surface area contributed by atoms with Crippen molar-refractivity contribution in [3.8, 4) is 5.75 Å². The Bertz CT molecular complexity index is 419. The molecule has 98 valence electrons. The van der Waals surface area contributed by atoms with Crippen LogP contribution < -0.4 is 0 Å². The summed E-state index contributed by atoms with van der Waals surface area (Å²) in [4.78, 5) is 13.1. The number of carbonyl (C=O) groups is 1. The minimum absolute atomic E-state index is 0.124. The van der Waals surface area contributed by atoms with Gasteiger partial charge in [-0.15, -0.1) is 0 Å². The maximum Gasteiger partial charge on any atom is 0.304 e. The molecule has 0 aromatic heterocycles. The molecule has 4 nitrogen and oxygen atoms in total. The van der Waals surface area contributed by atoms with Crippen LogP contribution in [0.2, 0.25) is 0 Å². The Hall–Kier alpha value is -1.55. The normalized spacial score (nSPS) is 20.8. The summed E-state index contributed by atoms with van der Waals surface area (Å²) >= 11 is 0. The molecule has 0 bridgehead atoms. The number of rotatable bonds is 4. The molecule has 1 atom stereocenters. The molecule has 2 N–H and O–H groups in total. The fourth-order valence-corrected chi connectivity index (χ4v) is 2.59. The average molecular weight is 249 g/mol. The van der Waals surface area contributed by atoms with Gasteiger partial charge in [0.15, 0.2) is 0 Å². The molecule has 1 aromatic rings. The monoisotopic (exact) mass is 249 g/mol. The van der Waals surface area contributed by atoms with Gasteiger partial charge in [-0.25, -0.2) is 0 Å². The summed E-state index contributed by atoms with van der Waals surface area (Å²) in [6.07, 6.45) is 3.38. The smallest absolute Gasteiger partial charge is 0.304 e. The lowest BCUT2D eigenvalue weighted by molar-refractivity contribution is -0.138. The second-order valence-corrected chi connectivity index (χ2v) is 4.89. The van der Waals surface area contributed by atoms with Gasteiger partial charge in [0.1, 0.15) is 5.75 Å². The number of piperidine rings is 1. The highest BCUT2D eigenvalue weighted by molar-refractivity contribution is 5.67. The molecular formula is C14H19NO3. The van der Waals surface area contributed by atoms with Crippen LogP contribution in [0, 0.1) is 0 Å². The van der Waals surface area contributed by atoms with Gasteiger partial charge in [-0.1, -0.05) is 18.6 Å². The minimum Gasteiger partial charge on any atom is -0.508 e. The van der Waals surface area contributed by atoms with Crippen LogP contribution in [0.3, 0.4) is 0 Å². The number of hydrogen-bond acceptors (Lipinski definition) is 3. The first-order valence-electron chi connectivity index (χ1n) is 6.39. The van der Waals surface area contributed by atoms with Gasteiger partial charge in [0.25, 0.3) is 0 Å². The van der Waals surface area contributed by atoms with Crippen molar-refractivity contribution in [1.29, 1.82) is 0 Å². The van der Waals surface area contributed by atoms with Crippen LogP contribution in [0.5, 0.6) is 5.75 Å². The molecule has 0 radical (unpaired) electrons. The molecular weight excluding hydrogens is 230 g/mol. The quantitative estimate of drug-likeness (QED) is 0.859. The Labute approximate surface area is 107 Å². The van der Waals surface area contributed by atoms with Crippen LogP contribution in [0.25, 0.3) is 0 Å². The third-order valence-electron chi connectivity index (χ3n) is 3.46. The predicted molar refractivity (Wildman–Crippen MR) is 68.4 cm³/mol. The summed E-state index contributed by atoms with van der Waals surface area (Å²) in [6, 6.07) is 7.30. The summed E-state index contributed by atoms with van der Waals surface area (Å²) < 4.78 is 0. The van der Waals surface area contributed by atoms with Gasteiger partial charge in [0.05, 0.1) is 6.42 Å². The number of hydrogen-bond donors (Lipinski definition) is 2. The summed E-state index contributed by atoms with van der Waals surface area (Å²) in [5.41, 5.74) is 1.03. The average Bonchev–Trinajstić information content (AvgIpc) is 2.31. The van der Waals surface area contributed by atoms with E-state index >= 15 is 0 Å². The minimum atomic E-state index is -0.734. The molecule has 0 saturated carbocycles. The number of aromatic hydroxyl groups is 1. The van der Waals surface area contributed by atoms with E-state index in [1.807, 2.05) is 12.1 Å². The van der Waals surface area contributed by atoms with E-state index in [4.69, 9.17) is 5.11 Å². The van der Waals surface area contributed by atoms with E-state index in [0.29, 0.717) is 6.54 Å². The van der Waals surface area contributed by atoms with E-state index in [1.165, 1.54) is 0 Å². The zero-order valence-corrected chi connectivity index (χ0v) is 10.4. The van der Waals surface area contributed by atoms with E-state index in [-0.39, 0.29) is 18.2 Å². The Balaban J connectivity index is 2.03. The van der Waals surface area contributed by atoms with Gasteiger partial charge in [-0.3, -0.25) is 9.69 Å².